The monoisotopic (exact) mass is 273 g/mol. The van der Waals surface area contributed by atoms with Crippen LogP contribution in [-0.4, -0.2) is 17.1 Å². The Hall–Kier alpha value is -1.38. The molecule has 2 fully saturated rings. The van der Waals surface area contributed by atoms with Crippen LogP contribution in [-0.2, 0) is 4.74 Å². The van der Waals surface area contributed by atoms with Crippen LogP contribution < -0.4 is 0 Å². The first kappa shape index (κ1) is 13.6. The van der Waals surface area contributed by atoms with Gasteiger partial charge in [-0.3, -0.25) is 4.98 Å². The maximum atomic E-state index is 12.3. The van der Waals surface area contributed by atoms with Crippen molar-refractivity contribution in [2.24, 2.45) is 16.7 Å². The maximum Gasteiger partial charge on any atom is 0.340 e. The summed E-state index contributed by atoms with van der Waals surface area (Å²) in [5, 5.41) is 0. The molecule has 2 saturated carbocycles. The van der Waals surface area contributed by atoms with Crippen molar-refractivity contribution < 1.29 is 9.53 Å². The van der Waals surface area contributed by atoms with Gasteiger partial charge in [0.25, 0.3) is 0 Å². The molecule has 0 amide bonds. The van der Waals surface area contributed by atoms with E-state index in [1.807, 2.05) is 13.0 Å². The van der Waals surface area contributed by atoms with Crippen LogP contribution in [0.4, 0.5) is 0 Å². The van der Waals surface area contributed by atoms with E-state index >= 15 is 0 Å². The molecule has 1 aromatic heterocycles. The molecule has 3 atom stereocenters. The van der Waals surface area contributed by atoms with E-state index in [9.17, 15) is 4.79 Å². The molecule has 0 aromatic carbocycles. The van der Waals surface area contributed by atoms with Crippen LogP contribution in [0.15, 0.2) is 18.5 Å². The Morgan fingerprint density at radius 1 is 1.35 bits per heavy atom. The van der Waals surface area contributed by atoms with Crippen molar-refractivity contribution >= 4 is 5.97 Å². The number of carbonyl (C=O) groups is 1. The molecule has 0 radical (unpaired) electrons. The number of rotatable bonds is 2. The molecule has 0 N–H and O–H groups in total. The largest absolute Gasteiger partial charge is 0.458 e. The Balaban J connectivity index is 1.78. The van der Waals surface area contributed by atoms with Gasteiger partial charge in [-0.05, 0) is 49.1 Å². The lowest BCUT2D eigenvalue weighted by atomic mass is 9.70. The number of aryl methyl sites for hydroxylation is 1. The van der Waals surface area contributed by atoms with Gasteiger partial charge >= 0.3 is 5.97 Å². The lowest BCUT2D eigenvalue weighted by molar-refractivity contribution is -0.0242. The SMILES string of the molecule is Cc1cncc(C(=O)OC2CC3CCC2(C)C3(C)C)c1. The zero-order valence-electron chi connectivity index (χ0n) is 12.8. The Bertz CT molecular complexity index is 552. The highest BCUT2D eigenvalue weighted by Gasteiger charge is 2.62. The summed E-state index contributed by atoms with van der Waals surface area (Å²) in [6.45, 7) is 8.87. The third kappa shape index (κ3) is 1.79. The number of hydrogen-bond acceptors (Lipinski definition) is 3. The van der Waals surface area contributed by atoms with Crippen LogP contribution in [0.25, 0.3) is 0 Å². The fourth-order valence-electron chi connectivity index (χ4n) is 4.17. The van der Waals surface area contributed by atoms with Crippen LogP contribution >= 0.6 is 0 Å². The molecule has 0 aliphatic heterocycles. The summed E-state index contributed by atoms with van der Waals surface area (Å²) in [6.07, 6.45) is 6.82. The number of nitrogens with zero attached hydrogens (tertiary/aromatic N) is 1. The Morgan fingerprint density at radius 3 is 2.65 bits per heavy atom. The second kappa shape index (κ2) is 4.31. The van der Waals surface area contributed by atoms with Gasteiger partial charge in [-0.25, -0.2) is 4.79 Å². The van der Waals surface area contributed by atoms with Gasteiger partial charge in [-0.15, -0.1) is 0 Å². The Morgan fingerprint density at radius 2 is 2.10 bits per heavy atom. The minimum Gasteiger partial charge on any atom is -0.458 e. The van der Waals surface area contributed by atoms with Crippen molar-refractivity contribution in [1.82, 2.24) is 4.98 Å². The number of ether oxygens (including phenoxy) is 1. The molecule has 2 bridgehead atoms. The molecule has 3 nitrogen and oxygen atoms in total. The molecule has 1 heterocycles. The standard InChI is InChI=1S/C17H23NO2/c1-11-7-12(10-18-9-11)15(19)20-14-8-13-5-6-17(14,4)16(13,2)3/h7,9-10,13-14H,5-6,8H2,1-4H3. The van der Waals surface area contributed by atoms with E-state index in [-0.39, 0.29) is 22.9 Å². The Kier molecular flexibility index (Phi) is 2.93. The lowest BCUT2D eigenvalue weighted by Crippen LogP contribution is -2.38. The first-order valence-corrected chi connectivity index (χ1v) is 7.47. The van der Waals surface area contributed by atoms with Crippen LogP contribution in [0.1, 0.15) is 56.0 Å². The lowest BCUT2D eigenvalue weighted by Gasteiger charge is -2.38. The smallest absolute Gasteiger partial charge is 0.340 e. The van der Waals surface area contributed by atoms with Crippen molar-refractivity contribution in [3.63, 3.8) is 0 Å². The molecular formula is C17H23NO2. The second-order valence-corrected chi connectivity index (χ2v) is 7.26. The first-order chi connectivity index (χ1) is 9.34. The highest BCUT2D eigenvalue weighted by molar-refractivity contribution is 5.89. The molecule has 3 rings (SSSR count). The van der Waals surface area contributed by atoms with Crippen LogP contribution in [0.2, 0.25) is 0 Å². The molecular weight excluding hydrogens is 250 g/mol. The summed E-state index contributed by atoms with van der Waals surface area (Å²) in [6, 6.07) is 1.84. The van der Waals surface area contributed by atoms with Gasteiger partial charge in [0.1, 0.15) is 6.10 Å². The topological polar surface area (TPSA) is 39.2 Å². The molecule has 0 spiro atoms. The van der Waals surface area contributed by atoms with E-state index in [1.54, 1.807) is 12.4 Å². The normalized spacial score (nSPS) is 34.2. The predicted octanol–water partition coefficient (Wildman–Crippen LogP) is 3.76. The zero-order valence-corrected chi connectivity index (χ0v) is 12.8. The minimum atomic E-state index is -0.226. The summed E-state index contributed by atoms with van der Waals surface area (Å²) in [5.74, 6) is 0.455. The van der Waals surface area contributed by atoms with Gasteiger partial charge in [0, 0.05) is 17.8 Å². The molecule has 1 aromatic rings. The van der Waals surface area contributed by atoms with E-state index in [0.29, 0.717) is 11.5 Å². The summed E-state index contributed by atoms with van der Waals surface area (Å²) in [4.78, 5) is 16.4. The third-order valence-electron chi connectivity index (χ3n) is 6.07. The van der Waals surface area contributed by atoms with E-state index in [2.05, 4.69) is 25.8 Å². The predicted molar refractivity (Wildman–Crippen MR) is 77.4 cm³/mol. The van der Waals surface area contributed by atoms with Crippen molar-refractivity contribution in [3.05, 3.63) is 29.6 Å². The number of carbonyl (C=O) groups excluding carboxylic acids is 1. The van der Waals surface area contributed by atoms with Gasteiger partial charge < -0.3 is 4.74 Å². The first-order valence-electron chi connectivity index (χ1n) is 7.47. The molecule has 3 heteroatoms. The van der Waals surface area contributed by atoms with Gasteiger partial charge in [0.15, 0.2) is 0 Å². The van der Waals surface area contributed by atoms with Crippen LogP contribution in [0.3, 0.4) is 0 Å². The second-order valence-electron chi connectivity index (χ2n) is 7.26. The Labute approximate surface area is 120 Å². The van der Waals surface area contributed by atoms with Gasteiger partial charge in [-0.2, -0.15) is 0 Å². The van der Waals surface area contributed by atoms with Gasteiger partial charge in [0.05, 0.1) is 5.56 Å². The quantitative estimate of drug-likeness (QED) is 0.770. The highest BCUT2D eigenvalue weighted by Crippen LogP contribution is 2.66. The fourth-order valence-corrected chi connectivity index (χ4v) is 4.17. The number of aromatic nitrogens is 1. The van der Waals surface area contributed by atoms with E-state index in [4.69, 9.17) is 4.74 Å². The zero-order chi connectivity index (χ0) is 14.5. The summed E-state index contributed by atoms with van der Waals surface area (Å²) in [5.41, 5.74) is 1.93. The van der Waals surface area contributed by atoms with E-state index in [0.717, 1.165) is 18.4 Å². The van der Waals surface area contributed by atoms with Gasteiger partial charge in [0.2, 0.25) is 0 Å². The maximum absolute atomic E-state index is 12.3. The highest BCUT2D eigenvalue weighted by atomic mass is 16.5. The summed E-state index contributed by atoms with van der Waals surface area (Å²) < 4.78 is 5.85. The van der Waals surface area contributed by atoms with Crippen molar-refractivity contribution in [1.29, 1.82) is 0 Å². The van der Waals surface area contributed by atoms with Crippen molar-refractivity contribution in [2.45, 2.75) is 53.1 Å². The van der Waals surface area contributed by atoms with E-state index in [1.165, 1.54) is 6.42 Å². The summed E-state index contributed by atoms with van der Waals surface area (Å²) >= 11 is 0. The average Bonchev–Trinajstić information content (AvgIpc) is 2.72. The number of pyridine rings is 1. The van der Waals surface area contributed by atoms with Crippen LogP contribution in [0.5, 0.6) is 0 Å². The molecule has 0 saturated heterocycles. The van der Waals surface area contributed by atoms with Crippen LogP contribution in [0, 0.1) is 23.7 Å². The molecule has 2 aliphatic rings. The van der Waals surface area contributed by atoms with Gasteiger partial charge in [-0.1, -0.05) is 20.8 Å². The summed E-state index contributed by atoms with van der Waals surface area (Å²) in [7, 11) is 0. The third-order valence-corrected chi connectivity index (χ3v) is 6.07. The number of fused-ring (bicyclic) bond motifs is 2. The number of esters is 1. The fraction of sp³-hybridized carbons (Fsp3) is 0.647. The number of hydrogen-bond donors (Lipinski definition) is 0. The molecule has 2 aliphatic carbocycles. The van der Waals surface area contributed by atoms with Crippen molar-refractivity contribution in [2.75, 3.05) is 0 Å². The molecule has 20 heavy (non-hydrogen) atoms. The average molecular weight is 273 g/mol. The van der Waals surface area contributed by atoms with E-state index < -0.39 is 0 Å². The van der Waals surface area contributed by atoms with Crippen molar-refractivity contribution in [3.8, 4) is 0 Å². The molecule has 108 valence electrons. The molecule has 3 unspecified atom stereocenters. The minimum absolute atomic E-state index is 0.0456.